The minimum atomic E-state index is -0.881. The second-order valence-electron chi connectivity index (χ2n) is 4.70. The van der Waals surface area contributed by atoms with Gasteiger partial charge in [-0.05, 0) is 26.8 Å². The maximum Gasteiger partial charge on any atom is 0.412 e. The minimum Gasteiger partial charge on any atom is -0.505 e. The molecule has 2 N–H and O–H groups in total. The van der Waals surface area contributed by atoms with Gasteiger partial charge in [-0.25, -0.2) is 4.79 Å². The van der Waals surface area contributed by atoms with Gasteiger partial charge in [0.2, 0.25) is 0 Å². The zero-order valence-electron chi connectivity index (χ0n) is 10.6. The van der Waals surface area contributed by atoms with Gasteiger partial charge in [0.05, 0.1) is 4.92 Å². The summed E-state index contributed by atoms with van der Waals surface area (Å²) in [5.41, 5.74) is -1.48. The summed E-state index contributed by atoms with van der Waals surface area (Å²) in [5.74, 6) is -0.424. The van der Waals surface area contributed by atoms with E-state index in [0.29, 0.717) is 4.47 Å². The molecule has 7 nitrogen and oxygen atoms in total. The first kappa shape index (κ1) is 15.2. The number of carbonyl (C=O) groups excluding carboxylic acids is 1. The number of halogens is 1. The molecular formula is C11H13BrN2O5. The van der Waals surface area contributed by atoms with Crippen LogP contribution in [0.1, 0.15) is 20.8 Å². The first-order chi connectivity index (χ1) is 8.60. The van der Waals surface area contributed by atoms with E-state index in [0.717, 1.165) is 0 Å². The van der Waals surface area contributed by atoms with Gasteiger partial charge in [-0.1, -0.05) is 15.9 Å². The third-order valence-corrected chi connectivity index (χ3v) is 2.34. The van der Waals surface area contributed by atoms with Crippen molar-refractivity contribution in [3.05, 3.63) is 26.7 Å². The lowest BCUT2D eigenvalue weighted by Crippen LogP contribution is -2.27. The molecule has 0 aliphatic carbocycles. The number of nitrogens with zero attached hydrogens (tertiary/aromatic N) is 1. The highest BCUT2D eigenvalue weighted by Gasteiger charge is 2.24. The van der Waals surface area contributed by atoms with Gasteiger partial charge in [-0.2, -0.15) is 0 Å². The number of phenols is 1. The van der Waals surface area contributed by atoms with Crippen molar-refractivity contribution in [3.63, 3.8) is 0 Å². The Morgan fingerprint density at radius 2 is 2.05 bits per heavy atom. The Labute approximate surface area is 117 Å². The van der Waals surface area contributed by atoms with E-state index in [1.165, 1.54) is 12.1 Å². The van der Waals surface area contributed by atoms with Crippen molar-refractivity contribution < 1.29 is 19.6 Å². The Bertz CT molecular complexity index is 525. The smallest absolute Gasteiger partial charge is 0.412 e. The lowest BCUT2D eigenvalue weighted by Gasteiger charge is -2.19. The first-order valence-corrected chi connectivity index (χ1v) is 6.06. The van der Waals surface area contributed by atoms with Gasteiger partial charge in [0.1, 0.15) is 11.4 Å². The van der Waals surface area contributed by atoms with Crippen LogP contribution in [0.2, 0.25) is 0 Å². The van der Waals surface area contributed by atoms with Crippen LogP contribution in [0.3, 0.4) is 0 Å². The number of anilines is 1. The maximum absolute atomic E-state index is 11.6. The minimum absolute atomic E-state index is 0.303. The summed E-state index contributed by atoms with van der Waals surface area (Å²) in [5, 5.41) is 22.7. The Hall–Kier alpha value is -1.83. The lowest BCUT2D eigenvalue weighted by molar-refractivity contribution is -0.384. The van der Waals surface area contributed by atoms with Crippen LogP contribution in [0.15, 0.2) is 16.6 Å². The van der Waals surface area contributed by atoms with Crippen molar-refractivity contribution in [1.82, 2.24) is 0 Å². The average molecular weight is 333 g/mol. The topological polar surface area (TPSA) is 102 Å². The van der Waals surface area contributed by atoms with Gasteiger partial charge in [-0.3, -0.25) is 15.4 Å². The molecule has 0 heterocycles. The molecule has 0 unspecified atom stereocenters. The fourth-order valence-corrected chi connectivity index (χ4v) is 1.69. The van der Waals surface area contributed by atoms with Crippen molar-refractivity contribution in [2.24, 2.45) is 0 Å². The summed E-state index contributed by atoms with van der Waals surface area (Å²) in [6.45, 7) is 4.97. The van der Waals surface area contributed by atoms with Crippen molar-refractivity contribution in [2.75, 3.05) is 5.32 Å². The SMILES string of the molecule is CC(C)(C)OC(=O)Nc1c(O)cc(Br)cc1[N+](=O)[O-]. The second-order valence-corrected chi connectivity index (χ2v) is 5.62. The maximum atomic E-state index is 11.6. The summed E-state index contributed by atoms with van der Waals surface area (Å²) in [6, 6.07) is 2.41. The molecule has 0 saturated heterocycles. The molecule has 1 amide bonds. The number of carbonyl (C=O) groups is 1. The molecule has 8 heteroatoms. The van der Waals surface area contributed by atoms with Crippen LogP contribution in [0.25, 0.3) is 0 Å². The van der Waals surface area contributed by atoms with E-state index in [1.807, 2.05) is 0 Å². The van der Waals surface area contributed by atoms with Crippen LogP contribution in [0.5, 0.6) is 5.75 Å². The first-order valence-electron chi connectivity index (χ1n) is 5.27. The van der Waals surface area contributed by atoms with E-state index in [9.17, 15) is 20.0 Å². The van der Waals surface area contributed by atoms with Crippen LogP contribution in [-0.4, -0.2) is 21.7 Å². The Balaban J connectivity index is 3.07. The van der Waals surface area contributed by atoms with Gasteiger partial charge in [-0.15, -0.1) is 0 Å². The summed E-state index contributed by atoms with van der Waals surface area (Å²) in [7, 11) is 0. The van der Waals surface area contributed by atoms with Gasteiger partial charge < -0.3 is 9.84 Å². The molecule has 104 valence electrons. The molecule has 0 aliphatic heterocycles. The van der Waals surface area contributed by atoms with Crippen LogP contribution in [-0.2, 0) is 4.74 Å². The highest BCUT2D eigenvalue weighted by atomic mass is 79.9. The molecule has 19 heavy (non-hydrogen) atoms. The van der Waals surface area contributed by atoms with Gasteiger partial charge in [0.15, 0.2) is 5.69 Å². The Morgan fingerprint density at radius 1 is 1.47 bits per heavy atom. The van der Waals surface area contributed by atoms with Gasteiger partial charge in [0, 0.05) is 10.5 Å². The van der Waals surface area contributed by atoms with E-state index in [4.69, 9.17) is 4.74 Å². The normalized spacial score (nSPS) is 10.9. The van der Waals surface area contributed by atoms with Crippen molar-refractivity contribution >= 4 is 33.4 Å². The third-order valence-electron chi connectivity index (χ3n) is 1.88. The molecule has 0 aliphatic rings. The van der Waals surface area contributed by atoms with Crippen LogP contribution in [0, 0.1) is 10.1 Å². The summed E-state index contributed by atoms with van der Waals surface area (Å²) in [6.07, 6.45) is -0.881. The van der Waals surface area contributed by atoms with Crippen LogP contribution < -0.4 is 5.32 Å². The number of hydrogen-bond donors (Lipinski definition) is 2. The third kappa shape index (κ3) is 4.40. The van der Waals surface area contributed by atoms with E-state index in [2.05, 4.69) is 21.2 Å². The quantitative estimate of drug-likeness (QED) is 0.490. The Kier molecular flexibility index (Phi) is 4.35. The van der Waals surface area contributed by atoms with E-state index in [-0.39, 0.29) is 5.69 Å². The number of amides is 1. The molecule has 0 bridgehead atoms. The fourth-order valence-electron chi connectivity index (χ4n) is 1.26. The van der Waals surface area contributed by atoms with Crippen molar-refractivity contribution in [1.29, 1.82) is 0 Å². The zero-order valence-corrected chi connectivity index (χ0v) is 12.1. The molecule has 1 aromatic rings. The van der Waals surface area contributed by atoms with Crippen molar-refractivity contribution in [3.8, 4) is 5.75 Å². The largest absolute Gasteiger partial charge is 0.505 e. The number of phenolic OH excluding ortho intramolecular Hbond substituents is 1. The summed E-state index contributed by atoms with van der Waals surface area (Å²) < 4.78 is 5.29. The lowest BCUT2D eigenvalue weighted by atomic mass is 10.2. The van der Waals surface area contributed by atoms with Gasteiger partial charge >= 0.3 is 6.09 Å². The van der Waals surface area contributed by atoms with Crippen molar-refractivity contribution in [2.45, 2.75) is 26.4 Å². The van der Waals surface area contributed by atoms with Gasteiger partial charge in [0.25, 0.3) is 5.69 Å². The highest BCUT2D eigenvalue weighted by molar-refractivity contribution is 9.10. The molecule has 0 saturated carbocycles. The Morgan fingerprint density at radius 3 is 2.53 bits per heavy atom. The number of nitro groups is 1. The number of ether oxygens (including phenoxy) is 1. The number of benzene rings is 1. The molecular weight excluding hydrogens is 320 g/mol. The molecule has 0 fully saturated rings. The zero-order chi connectivity index (χ0) is 14.8. The molecule has 0 aromatic heterocycles. The molecule has 0 atom stereocenters. The molecule has 0 radical (unpaired) electrons. The summed E-state index contributed by atoms with van der Waals surface area (Å²) in [4.78, 5) is 21.7. The molecule has 1 aromatic carbocycles. The predicted molar refractivity (Wildman–Crippen MR) is 72.3 cm³/mol. The average Bonchev–Trinajstić information content (AvgIpc) is 2.18. The monoisotopic (exact) mass is 332 g/mol. The number of hydrogen-bond acceptors (Lipinski definition) is 5. The standard InChI is InChI=1S/C11H13BrN2O5/c1-11(2,3)19-10(16)13-9-7(14(17)18)4-6(12)5-8(9)15/h4-5,15H,1-3H3,(H,13,16). The number of aromatic hydroxyl groups is 1. The summed E-state index contributed by atoms with van der Waals surface area (Å²) >= 11 is 3.02. The van der Waals surface area contributed by atoms with Crippen LogP contribution >= 0.6 is 15.9 Å². The van der Waals surface area contributed by atoms with E-state index < -0.39 is 28.1 Å². The second kappa shape index (κ2) is 5.43. The van der Waals surface area contributed by atoms with E-state index >= 15 is 0 Å². The number of nitrogens with one attached hydrogen (secondary N) is 1. The predicted octanol–water partition coefficient (Wildman–Crippen LogP) is 3.41. The fraction of sp³-hybridized carbons (Fsp3) is 0.364. The molecule has 1 rings (SSSR count). The number of rotatable bonds is 2. The number of nitro benzene ring substituents is 1. The van der Waals surface area contributed by atoms with Crippen LogP contribution in [0.4, 0.5) is 16.2 Å². The molecule has 0 spiro atoms. The highest BCUT2D eigenvalue weighted by Crippen LogP contribution is 2.37. The van der Waals surface area contributed by atoms with E-state index in [1.54, 1.807) is 20.8 Å².